The Labute approximate surface area is 154 Å². The van der Waals surface area contributed by atoms with Gasteiger partial charge in [0.1, 0.15) is 5.75 Å². The Morgan fingerprint density at radius 3 is 2.44 bits per heavy atom. The van der Waals surface area contributed by atoms with E-state index < -0.39 is 0 Å². The van der Waals surface area contributed by atoms with Gasteiger partial charge in [-0.2, -0.15) is 0 Å². The Hall–Kier alpha value is -2.12. The highest BCUT2D eigenvalue weighted by Crippen LogP contribution is 2.18. The zero-order valence-electron chi connectivity index (χ0n) is 15.2. The van der Waals surface area contributed by atoms with Crippen LogP contribution < -0.4 is 15.4 Å². The van der Waals surface area contributed by atoms with E-state index in [2.05, 4.69) is 20.9 Å². The number of hydrogen-bond acceptors (Lipinski definition) is 5. The number of nitrogens with zero attached hydrogens (tertiary/aromatic N) is 3. The number of carbonyl (C=O) groups excluding carboxylic acids is 1. The molecule has 2 N–H and O–H groups in total. The van der Waals surface area contributed by atoms with E-state index in [1.807, 2.05) is 59.0 Å². The van der Waals surface area contributed by atoms with Crippen LogP contribution >= 0.6 is 12.4 Å². The first kappa shape index (κ1) is 20.9. The van der Waals surface area contributed by atoms with Gasteiger partial charge in [0.05, 0.1) is 17.5 Å². The first-order valence-corrected chi connectivity index (χ1v) is 8.07. The van der Waals surface area contributed by atoms with Gasteiger partial charge < -0.3 is 15.4 Å². The zero-order valence-corrected chi connectivity index (χ0v) is 16.1. The van der Waals surface area contributed by atoms with E-state index >= 15 is 0 Å². The Balaban J connectivity index is 0.00000312. The third kappa shape index (κ3) is 5.44. The summed E-state index contributed by atoms with van der Waals surface area (Å²) in [5.74, 6) is 0.575. The molecule has 0 spiro atoms. The molecule has 1 unspecified atom stereocenters. The van der Waals surface area contributed by atoms with Gasteiger partial charge in [-0.25, -0.2) is 4.68 Å². The van der Waals surface area contributed by atoms with Crippen LogP contribution in [0.15, 0.2) is 24.3 Å². The van der Waals surface area contributed by atoms with Crippen LogP contribution in [0.2, 0.25) is 0 Å². The molecule has 1 heterocycles. The molecule has 1 aromatic carbocycles. The summed E-state index contributed by atoms with van der Waals surface area (Å²) >= 11 is 0. The molecule has 1 amide bonds. The first-order chi connectivity index (χ1) is 11.4. The lowest BCUT2D eigenvalue weighted by atomic mass is 10.2. The van der Waals surface area contributed by atoms with Gasteiger partial charge in [-0.1, -0.05) is 5.21 Å². The number of carbonyl (C=O) groups is 1. The van der Waals surface area contributed by atoms with Crippen molar-refractivity contribution in [2.45, 2.75) is 39.8 Å². The van der Waals surface area contributed by atoms with E-state index in [0.717, 1.165) is 11.4 Å². The molecule has 0 saturated carbocycles. The SMILES string of the molecule is CNC(C)CNC(=O)c1nnn(-c2ccc(OC(C)C)cc2)c1C.Cl. The van der Waals surface area contributed by atoms with Crippen LogP contribution in [-0.4, -0.2) is 46.6 Å². The number of hydrogen-bond donors (Lipinski definition) is 2. The first-order valence-electron chi connectivity index (χ1n) is 8.07. The predicted molar refractivity (Wildman–Crippen MR) is 100.0 cm³/mol. The minimum absolute atomic E-state index is 0. The average molecular weight is 368 g/mol. The topological polar surface area (TPSA) is 81.1 Å². The van der Waals surface area contributed by atoms with E-state index in [1.54, 1.807) is 4.68 Å². The largest absolute Gasteiger partial charge is 0.491 e. The molecular weight excluding hydrogens is 342 g/mol. The molecule has 138 valence electrons. The van der Waals surface area contributed by atoms with Crippen LogP contribution in [0, 0.1) is 6.92 Å². The maximum absolute atomic E-state index is 12.2. The van der Waals surface area contributed by atoms with Crippen LogP contribution in [0.25, 0.3) is 5.69 Å². The lowest BCUT2D eigenvalue weighted by Gasteiger charge is -2.11. The number of halogens is 1. The smallest absolute Gasteiger partial charge is 0.273 e. The number of aromatic nitrogens is 3. The summed E-state index contributed by atoms with van der Waals surface area (Å²) in [4.78, 5) is 12.2. The van der Waals surface area contributed by atoms with Gasteiger partial charge in [-0.05, 0) is 59.0 Å². The van der Waals surface area contributed by atoms with Crippen LogP contribution in [0.3, 0.4) is 0 Å². The standard InChI is InChI=1S/C17H25N5O2.ClH/c1-11(2)24-15-8-6-14(7-9-15)22-13(4)16(20-21-22)17(23)19-10-12(3)18-5;/h6-9,11-12,18H,10H2,1-5H3,(H,19,23);1H. The molecular formula is C17H26ClN5O2. The molecule has 1 aromatic heterocycles. The number of benzene rings is 1. The van der Waals surface area contributed by atoms with Crippen LogP contribution in [-0.2, 0) is 0 Å². The Morgan fingerprint density at radius 1 is 1.24 bits per heavy atom. The maximum atomic E-state index is 12.2. The normalized spacial score (nSPS) is 11.8. The number of nitrogens with one attached hydrogen (secondary N) is 2. The van der Waals surface area contributed by atoms with E-state index in [4.69, 9.17) is 4.74 Å². The average Bonchev–Trinajstić information content (AvgIpc) is 2.94. The molecule has 0 radical (unpaired) electrons. The number of amides is 1. The van der Waals surface area contributed by atoms with E-state index in [0.29, 0.717) is 17.9 Å². The van der Waals surface area contributed by atoms with E-state index in [-0.39, 0.29) is 30.5 Å². The van der Waals surface area contributed by atoms with Gasteiger partial charge in [0, 0.05) is 12.6 Å². The van der Waals surface area contributed by atoms with Crippen molar-refractivity contribution >= 4 is 18.3 Å². The van der Waals surface area contributed by atoms with Crippen molar-refractivity contribution in [1.29, 1.82) is 0 Å². The van der Waals surface area contributed by atoms with Gasteiger partial charge in [-0.3, -0.25) is 4.79 Å². The summed E-state index contributed by atoms with van der Waals surface area (Å²) in [5.41, 5.74) is 1.86. The van der Waals surface area contributed by atoms with Gasteiger partial charge in [0.15, 0.2) is 5.69 Å². The van der Waals surface area contributed by atoms with Gasteiger partial charge in [-0.15, -0.1) is 17.5 Å². The van der Waals surface area contributed by atoms with Crippen molar-refractivity contribution in [1.82, 2.24) is 25.6 Å². The number of rotatable bonds is 7. The van der Waals surface area contributed by atoms with Crippen LogP contribution in [0.5, 0.6) is 5.75 Å². The van der Waals surface area contributed by atoms with Crippen molar-refractivity contribution in [2.24, 2.45) is 0 Å². The number of likely N-dealkylation sites (N-methyl/N-ethyl adjacent to an activating group) is 1. The second kappa shape index (κ2) is 9.39. The molecule has 0 saturated heterocycles. The summed E-state index contributed by atoms with van der Waals surface area (Å²) in [6, 6.07) is 7.74. The molecule has 0 aliphatic heterocycles. The third-order valence-electron chi connectivity index (χ3n) is 3.62. The second-order valence-corrected chi connectivity index (χ2v) is 6.00. The summed E-state index contributed by atoms with van der Waals surface area (Å²) in [5, 5.41) is 14.0. The van der Waals surface area contributed by atoms with Gasteiger partial charge >= 0.3 is 0 Å². The quantitative estimate of drug-likeness (QED) is 0.783. The predicted octanol–water partition coefficient (Wildman–Crippen LogP) is 2.12. The monoisotopic (exact) mass is 367 g/mol. The molecule has 0 aliphatic rings. The minimum Gasteiger partial charge on any atom is -0.491 e. The van der Waals surface area contributed by atoms with Gasteiger partial charge in [0.2, 0.25) is 0 Å². The third-order valence-corrected chi connectivity index (χ3v) is 3.62. The molecule has 0 aliphatic carbocycles. The maximum Gasteiger partial charge on any atom is 0.273 e. The number of ether oxygens (including phenoxy) is 1. The molecule has 7 nitrogen and oxygen atoms in total. The fourth-order valence-electron chi connectivity index (χ4n) is 2.15. The Morgan fingerprint density at radius 2 is 1.88 bits per heavy atom. The van der Waals surface area contributed by atoms with Crippen molar-refractivity contribution < 1.29 is 9.53 Å². The highest BCUT2D eigenvalue weighted by Gasteiger charge is 2.17. The molecule has 1 atom stereocenters. The van der Waals surface area contributed by atoms with Crippen molar-refractivity contribution in [3.8, 4) is 11.4 Å². The molecule has 0 bridgehead atoms. The molecule has 8 heteroatoms. The molecule has 25 heavy (non-hydrogen) atoms. The highest BCUT2D eigenvalue weighted by atomic mass is 35.5. The lowest BCUT2D eigenvalue weighted by Crippen LogP contribution is -2.37. The minimum atomic E-state index is -0.222. The second-order valence-electron chi connectivity index (χ2n) is 6.00. The fraction of sp³-hybridized carbons (Fsp3) is 0.471. The van der Waals surface area contributed by atoms with Crippen LogP contribution in [0.1, 0.15) is 37.0 Å². The van der Waals surface area contributed by atoms with E-state index in [1.165, 1.54) is 0 Å². The molecule has 0 fully saturated rings. The Bertz CT molecular complexity index is 685. The zero-order chi connectivity index (χ0) is 17.7. The van der Waals surface area contributed by atoms with Crippen molar-refractivity contribution in [3.05, 3.63) is 35.7 Å². The van der Waals surface area contributed by atoms with Crippen molar-refractivity contribution in [3.63, 3.8) is 0 Å². The molecule has 2 rings (SSSR count). The molecule has 2 aromatic rings. The summed E-state index contributed by atoms with van der Waals surface area (Å²) in [6.45, 7) is 8.31. The Kier molecular flexibility index (Phi) is 7.86. The highest BCUT2D eigenvalue weighted by molar-refractivity contribution is 5.93. The summed E-state index contributed by atoms with van der Waals surface area (Å²) in [7, 11) is 1.85. The van der Waals surface area contributed by atoms with Crippen LogP contribution in [0.4, 0.5) is 0 Å². The van der Waals surface area contributed by atoms with Crippen molar-refractivity contribution in [2.75, 3.05) is 13.6 Å². The fourth-order valence-corrected chi connectivity index (χ4v) is 2.15. The van der Waals surface area contributed by atoms with E-state index in [9.17, 15) is 4.79 Å². The lowest BCUT2D eigenvalue weighted by molar-refractivity contribution is 0.0945. The summed E-state index contributed by atoms with van der Waals surface area (Å²) < 4.78 is 7.28. The summed E-state index contributed by atoms with van der Waals surface area (Å²) in [6.07, 6.45) is 0.124. The van der Waals surface area contributed by atoms with Gasteiger partial charge in [0.25, 0.3) is 5.91 Å².